The molecule has 0 aromatic heterocycles. The monoisotopic (exact) mass is 411 g/mol. The topological polar surface area (TPSA) is 65.1 Å². The van der Waals surface area contributed by atoms with E-state index in [1.807, 2.05) is 54.6 Å². The van der Waals surface area contributed by atoms with Crippen LogP contribution in [0.2, 0.25) is 0 Å². The van der Waals surface area contributed by atoms with E-state index < -0.39 is 6.09 Å². The maximum absolute atomic E-state index is 12.9. The van der Waals surface area contributed by atoms with Gasteiger partial charge in [0, 0.05) is 6.54 Å². The third-order valence-corrected chi connectivity index (χ3v) is 5.41. The summed E-state index contributed by atoms with van der Waals surface area (Å²) in [5.74, 6) is 0.144. The van der Waals surface area contributed by atoms with E-state index in [0.717, 1.165) is 23.3 Å². The number of piperidine rings is 1. The van der Waals surface area contributed by atoms with Gasteiger partial charge in [0.05, 0.1) is 25.7 Å². The van der Waals surface area contributed by atoms with E-state index in [1.54, 1.807) is 18.9 Å². The number of hydrogen-bond donors (Lipinski definition) is 0. The number of esters is 1. The first-order valence-electron chi connectivity index (χ1n) is 10.4. The quantitative estimate of drug-likeness (QED) is 0.639. The van der Waals surface area contributed by atoms with Gasteiger partial charge < -0.3 is 19.1 Å². The fourth-order valence-corrected chi connectivity index (χ4v) is 3.87. The minimum Gasteiger partial charge on any atom is -0.497 e. The molecule has 2 aromatic carbocycles. The Balaban J connectivity index is 1.76. The van der Waals surface area contributed by atoms with E-state index in [9.17, 15) is 9.59 Å². The predicted octanol–water partition coefficient (Wildman–Crippen LogP) is 4.22. The Bertz CT molecular complexity index is 821. The van der Waals surface area contributed by atoms with Crippen molar-refractivity contribution in [1.82, 2.24) is 4.90 Å². The van der Waals surface area contributed by atoms with Crippen molar-refractivity contribution in [3.05, 3.63) is 65.7 Å². The second-order valence-electron chi connectivity index (χ2n) is 7.35. The molecule has 0 N–H and O–H groups in total. The summed E-state index contributed by atoms with van der Waals surface area (Å²) < 4.78 is 16.1. The molecular formula is C24H29NO5. The minimum atomic E-state index is -0.397. The number of hydrogen-bond acceptors (Lipinski definition) is 5. The number of nitrogens with zero attached hydrogens (tertiary/aromatic N) is 1. The highest BCUT2D eigenvalue weighted by atomic mass is 16.6. The molecule has 0 saturated carbocycles. The molecule has 1 aliphatic rings. The lowest BCUT2D eigenvalue weighted by molar-refractivity contribution is -0.151. The van der Waals surface area contributed by atoms with E-state index in [2.05, 4.69) is 0 Å². The Hall–Kier alpha value is -3.02. The van der Waals surface area contributed by atoms with E-state index in [-0.39, 0.29) is 24.5 Å². The first kappa shape index (κ1) is 21.7. The third-order valence-electron chi connectivity index (χ3n) is 5.41. The molecule has 1 fully saturated rings. The molecule has 6 heteroatoms. The van der Waals surface area contributed by atoms with Crippen LogP contribution in [0, 0.1) is 5.92 Å². The lowest BCUT2D eigenvalue weighted by Gasteiger charge is -2.39. The molecule has 6 nitrogen and oxygen atoms in total. The fourth-order valence-electron chi connectivity index (χ4n) is 3.87. The fraction of sp³-hybridized carbons (Fsp3) is 0.417. The number of rotatable bonds is 7. The SMILES string of the molecule is CCOC(=O)[C@@H]1CCCN(C(=O)OCc2ccccc2)[C@H]1Cc1ccc(OC)cc1. The van der Waals surface area contributed by atoms with E-state index in [4.69, 9.17) is 14.2 Å². The van der Waals surface area contributed by atoms with Gasteiger partial charge in [-0.05, 0) is 49.4 Å². The zero-order valence-corrected chi connectivity index (χ0v) is 17.6. The van der Waals surface area contributed by atoms with Crippen molar-refractivity contribution >= 4 is 12.1 Å². The lowest BCUT2D eigenvalue weighted by Crippen LogP contribution is -2.52. The largest absolute Gasteiger partial charge is 0.497 e. The predicted molar refractivity (Wildman–Crippen MR) is 113 cm³/mol. The normalized spacial score (nSPS) is 18.5. The standard InChI is InChI=1S/C24H29NO5/c1-3-29-23(26)21-10-7-15-25(24(27)30-17-19-8-5-4-6-9-19)22(21)16-18-11-13-20(28-2)14-12-18/h4-6,8-9,11-14,21-22H,3,7,10,15-17H2,1-2H3/t21-,22+/m1/s1. The molecule has 0 unspecified atom stereocenters. The minimum absolute atomic E-state index is 0.204. The van der Waals surface area contributed by atoms with Gasteiger partial charge in [-0.15, -0.1) is 0 Å². The number of methoxy groups -OCH3 is 1. The summed E-state index contributed by atoms with van der Waals surface area (Å²) in [6.07, 6.45) is 1.59. The van der Waals surface area contributed by atoms with Crippen LogP contribution >= 0.6 is 0 Å². The summed E-state index contributed by atoms with van der Waals surface area (Å²) in [4.78, 5) is 27.2. The van der Waals surface area contributed by atoms with Gasteiger partial charge in [0.15, 0.2) is 0 Å². The van der Waals surface area contributed by atoms with Crippen LogP contribution in [0.1, 0.15) is 30.9 Å². The summed E-state index contributed by atoms with van der Waals surface area (Å²) in [6.45, 7) is 2.88. The zero-order valence-electron chi connectivity index (χ0n) is 17.6. The average Bonchev–Trinajstić information content (AvgIpc) is 2.79. The number of carbonyl (C=O) groups excluding carboxylic acids is 2. The van der Waals surface area contributed by atoms with Crippen molar-refractivity contribution in [3.63, 3.8) is 0 Å². The number of carbonyl (C=O) groups is 2. The summed E-state index contributed by atoms with van der Waals surface area (Å²) >= 11 is 0. The second-order valence-corrected chi connectivity index (χ2v) is 7.35. The maximum Gasteiger partial charge on any atom is 0.410 e. The van der Waals surface area contributed by atoms with Gasteiger partial charge in [0.1, 0.15) is 12.4 Å². The first-order chi connectivity index (χ1) is 14.6. The maximum atomic E-state index is 12.9. The van der Waals surface area contributed by atoms with Crippen molar-refractivity contribution in [2.45, 2.75) is 38.8 Å². The molecule has 2 aromatic rings. The Morgan fingerprint density at radius 3 is 2.40 bits per heavy atom. The molecule has 1 saturated heterocycles. The van der Waals surface area contributed by atoms with Crippen LogP contribution in [0.5, 0.6) is 5.75 Å². The molecule has 1 aliphatic heterocycles. The van der Waals surface area contributed by atoms with Crippen LogP contribution in [-0.4, -0.2) is 43.3 Å². The summed E-state index contributed by atoms with van der Waals surface area (Å²) in [5, 5.41) is 0. The summed E-state index contributed by atoms with van der Waals surface area (Å²) in [7, 11) is 1.62. The molecule has 30 heavy (non-hydrogen) atoms. The van der Waals surface area contributed by atoms with Crippen LogP contribution in [0.4, 0.5) is 4.79 Å². The highest BCUT2D eigenvalue weighted by molar-refractivity contribution is 5.76. The van der Waals surface area contributed by atoms with Gasteiger partial charge in [-0.3, -0.25) is 4.79 Å². The Morgan fingerprint density at radius 1 is 1.00 bits per heavy atom. The molecule has 2 atom stereocenters. The number of benzene rings is 2. The lowest BCUT2D eigenvalue weighted by atomic mass is 9.85. The van der Waals surface area contributed by atoms with Crippen LogP contribution in [-0.2, 0) is 27.3 Å². The van der Waals surface area contributed by atoms with Crippen molar-refractivity contribution in [1.29, 1.82) is 0 Å². The van der Waals surface area contributed by atoms with Crippen molar-refractivity contribution in [2.75, 3.05) is 20.3 Å². The zero-order chi connectivity index (χ0) is 21.3. The molecular weight excluding hydrogens is 382 g/mol. The molecule has 1 amide bonds. The summed E-state index contributed by atoms with van der Waals surface area (Å²) in [6, 6.07) is 17.0. The smallest absolute Gasteiger partial charge is 0.410 e. The van der Waals surface area contributed by atoms with E-state index in [0.29, 0.717) is 26.0 Å². The Labute approximate surface area is 177 Å². The highest BCUT2D eigenvalue weighted by Crippen LogP contribution is 2.29. The average molecular weight is 411 g/mol. The van der Waals surface area contributed by atoms with Crippen LogP contribution in [0.25, 0.3) is 0 Å². The number of likely N-dealkylation sites (tertiary alicyclic amines) is 1. The Morgan fingerprint density at radius 2 is 1.73 bits per heavy atom. The second kappa shape index (κ2) is 10.7. The molecule has 160 valence electrons. The molecule has 0 radical (unpaired) electrons. The molecule has 0 aliphatic carbocycles. The van der Waals surface area contributed by atoms with E-state index in [1.165, 1.54) is 0 Å². The van der Waals surface area contributed by atoms with Crippen molar-refractivity contribution < 1.29 is 23.8 Å². The number of ether oxygens (including phenoxy) is 3. The van der Waals surface area contributed by atoms with Crippen LogP contribution in [0.3, 0.4) is 0 Å². The first-order valence-corrected chi connectivity index (χ1v) is 10.4. The van der Waals surface area contributed by atoms with Gasteiger partial charge >= 0.3 is 12.1 Å². The van der Waals surface area contributed by atoms with Gasteiger partial charge in [0.2, 0.25) is 0 Å². The molecule has 0 spiro atoms. The molecule has 3 rings (SSSR count). The summed E-state index contributed by atoms with van der Waals surface area (Å²) in [5.41, 5.74) is 1.95. The van der Waals surface area contributed by atoms with E-state index >= 15 is 0 Å². The molecule has 1 heterocycles. The van der Waals surface area contributed by atoms with Gasteiger partial charge in [-0.25, -0.2) is 4.79 Å². The number of amides is 1. The molecule has 0 bridgehead atoms. The highest BCUT2D eigenvalue weighted by Gasteiger charge is 2.39. The van der Waals surface area contributed by atoms with Gasteiger partial charge in [0.25, 0.3) is 0 Å². The van der Waals surface area contributed by atoms with Gasteiger partial charge in [-0.2, -0.15) is 0 Å². The van der Waals surface area contributed by atoms with Crippen molar-refractivity contribution in [3.8, 4) is 5.75 Å². The Kier molecular flexibility index (Phi) is 7.71. The van der Waals surface area contributed by atoms with Crippen molar-refractivity contribution in [2.24, 2.45) is 5.92 Å². The van der Waals surface area contributed by atoms with Gasteiger partial charge in [-0.1, -0.05) is 42.5 Å². The van der Waals surface area contributed by atoms with Crippen LogP contribution < -0.4 is 4.74 Å². The van der Waals surface area contributed by atoms with Crippen LogP contribution in [0.15, 0.2) is 54.6 Å². The third kappa shape index (κ3) is 5.53.